The first-order valence-electron chi connectivity index (χ1n) is 6.65. The SMILES string of the molecule is O=C(Cc1ccc(Br)cc1Cl)C1(c2ccccc2)CC1. The van der Waals surface area contributed by atoms with Crippen molar-refractivity contribution in [1.29, 1.82) is 0 Å². The minimum Gasteiger partial charge on any atom is -0.298 e. The number of halogens is 2. The molecule has 2 aromatic carbocycles. The van der Waals surface area contributed by atoms with Gasteiger partial charge in [-0.25, -0.2) is 0 Å². The second kappa shape index (κ2) is 5.34. The highest BCUT2D eigenvalue weighted by Crippen LogP contribution is 2.49. The van der Waals surface area contributed by atoms with Crippen molar-refractivity contribution in [3.05, 3.63) is 69.2 Å². The van der Waals surface area contributed by atoms with E-state index in [1.807, 2.05) is 48.5 Å². The Hall–Kier alpha value is -1.12. The highest BCUT2D eigenvalue weighted by atomic mass is 79.9. The van der Waals surface area contributed by atoms with Crippen molar-refractivity contribution in [2.75, 3.05) is 0 Å². The summed E-state index contributed by atoms with van der Waals surface area (Å²) in [6.45, 7) is 0. The molecule has 0 bridgehead atoms. The van der Waals surface area contributed by atoms with Gasteiger partial charge in [0.05, 0.1) is 5.41 Å². The van der Waals surface area contributed by atoms with Crippen LogP contribution in [0.4, 0.5) is 0 Å². The van der Waals surface area contributed by atoms with Gasteiger partial charge in [-0.05, 0) is 36.1 Å². The topological polar surface area (TPSA) is 17.1 Å². The van der Waals surface area contributed by atoms with Gasteiger partial charge in [-0.15, -0.1) is 0 Å². The summed E-state index contributed by atoms with van der Waals surface area (Å²) in [7, 11) is 0. The van der Waals surface area contributed by atoms with E-state index >= 15 is 0 Å². The van der Waals surface area contributed by atoms with Gasteiger partial charge in [0.1, 0.15) is 5.78 Å². The standard InChI is InChI=1S/C17H14BrClO/c18-14-7-6-12(15(19)11-14)10-16(20)17(8-9-17)13-4-2-1-3-5-13/h1-7,11H,8-10H2. The zero-order valence-corrected chi connectivity index (χ0v) is 13.2. The summed E-state index contributed by atoms with van der Waals surface area (Å²) in [4.78, 5) is 12.7. The third-order valence-corrected chi connectivity index (χ3v) is 4.82. The van der Waals surface area contributed by atoms with E-state index in [1.165, 1.54) is 0 Å². The van der Waals surface area contributed by atoms with Crippen molar-refractivity contribution in [3.8, 4) is 0 Å². The monoisotopic (exact) mass is 348 g/mol. The minimum absolute atomic E-state index is 0.266. The van der Waals surface area contributed by atoms with E-state index in [-0.39, 0.29) is 11.2 Å². The van der Waals surface area contributed by atoms with Gasteiger partial charge < -0.3 is 0 Å². The van der Waals surface area contributed by atoms with Crippen molar-refractivity contribution in [2.45, 2.75) is 24.7 Å². The van der Waals surface area contributed by atoms with Crippen LogP contribution in [0.5, 0.6) is 0 Å². The van der Waals surface area contributed by atoms with Crippen LogP contribution in [-0.4, -0.2) is 5.78 Å². The third kappa shape index (κ3) is 2.55. The van der Waals surface area contributed by atoms with Crippen LogP contribution >= 0.6 is 27.5 Å². The van der Waals surface area contributed by atoms with Crippen LogP contribution < -0.4 is 0 Å². The Morgan fingerprint density at radius 3 is 2.45 bits per heavy atom. The molecule has 102 valence electrons. The van der Waals surface area contributed by atoms with E-state index < -0.39 is 0 Å². The molecule has 1 saturated carbocycles. The molecule has 0 atom stereocenters. The predicted molar refractivity (Wildman–Crippen MR) is 85.2 cm³/mol. The normalized spacial score (nSPS) is 15.9. The first kappa shape index (κ1) is 13.8. The molecular formula is C17H14BrClO. The molecule has 0 radical (unpaired) electrons. The summed E-state index contributed by atoms with van der Waals surface area (Å²) >= 11 is 9.59. The summed E-state index contributed by atoms with van der Waals surface area (Å²) in [5, 5.41) is 0.650. The highest BCUT2D eigenvalue weighted by Gasteiger charge is 2.50. The van der Waals surface area contributed by atoms with Gasteiger partial charge in [0.15, 0.2) is 0 Å². The zero-order valence-electron chi connectivity index (χ0n) is 10.9. The Balaban J connectivity index is 1.83. The minimum atomic E-state index is -0.266. The van der Waals surface area contributed by atoms with Crippen molar-refractivity contribution in [1.82, 2.24) is 0 Å². The summed E-state index contributed by atoms with van der Waals surface area (Å²) in [6.07, 6.45) is 2.30. The number of ketones is 1. The summed E-state index contributed by atoms with van der Waals surface area (Å²) in [5.74, 6) is 0.271. The molecule has 3 heteroatoms. The number of carbonyl (C=O) groups excluding carboxylic acids is 1. The van der Waals surface area contributed by atoms with Crippen LogP contribution in [0.2, 0.25) is 5.02 Å². The van der Waals surface area contributed by atoms with E-state index in [0.717, 1.165) is 28.4 Å². The molecule has 1 aliphatic rings. The van der Waals surface area contributed by atoms with E-state index in [2.05, 4.69) is 15.9 Å². The molecule has 1 fully saturated rings. The molecule has 0 N–H and O–H groups in total. The van der Waals surface area contributed by atoms with Gasteiger partial charge >= 0.3 is 0 Å². The Kier molecular flexibility index (Phi) is 3.70. The van der Waals surface area contributed by atoms with Crippen molar-refractivity contribution in [2.24, 2.45) is 0 Å². The molecule has 0 amide bonds. The molecule has 2 aromatic rings. The Labute approximate surface area is 132 Å². The van der Waals surface area contributed by atoms with Crippen LogP contribution in [0.15, 0.2) is 53.0 Å². The van der Waals surface area contributed by atoms with Gasteiger partial charge in [-0.1, -0.05) is 63.9 Å². The number of rotatable bonds is 4. The summed E-state index contributed by atoms with van der Waals surface area (Å²) in [6, 6.07) is 15.8. The van der Waals surface area contributed by atoms with Gasteiger partial charge in [0.2, 0.25) is 0 Å². The molecule has 0 saturated heterocycles. The number of hydrogen-bond donors (Lipinski definition) is 0. The maximum Gasteiger partial charge on any atom is 0.147 e. The Morgan fingerprint density at radius 1 is 1.15 bits per heavy atom. The number of benzene rings is 2. The van der Waals surface area contributed by atoms with Gasteiger partial charge in [0.25, 0.3) is 0 Å². The summed E-state index contributed by atoms with van der Waals surface area (Å²) in [5.41, 5.74) is 1.78. The van der Waals surface area contributed by atoms with Crippen LogP contribution in [0.25, 0.3) is 0 Å². The van der Waals surface area contributed by atoms with Crippen LogP contribution in [0.3, 0.4) is 0 Å². The molecule has 1 aliphatic carbocycles. The summed E-state index contributed by atoms with van der Waals surface area (Å²) < 4.78 is 0.933. The zero-order chi connectivity index (χ0) is 14.2. The molecule has 0 unspecified atom stereocenters. The van der Waals surface area contributed by atoms with E-state index in [1.54, 1.807) is 0 Å². The average Bonchev–Trinajstić information content (AvgIpc) is 3.24. The lowest BCUT2D eigenvalue weighted by molar-refractivity contribution is -0.120. The largest absolute Gasteiger partial charge is 0.298 e. The Morgan fingerprint density at radius 2 is 1.85 bits per heavy atom. The fourth-order valence-electron chi connectivity index (χ4n) is 2.62. The van der Waals surface area contributed by atoms with Gasteiger partial charge in [-0.3, -0.25) is 4.79 Å². The molecule has 3 rings (SSSR count). The number of Topliss-reactive ketones (excluding diaryl/α,β-unsaturated/α-hetero) is 1. The number of hydrogen-bond acceptors (Lipinski definition) is 1. The highest BCUT2D eigenvalue weighted by molar-refractivity contribution is 9.10. The van der Waals surface area contributed by atoms with E-state index in [4.69, 9.17) is 11.6 Å². The van der Waals surface area contributed by atoms with E-state index in [0.29, 0.717) is 11.4 Å². The Bertz CT molecular complexity index is 647. The fourth-order valence-corrected chi connectivity index (χ4v) is 3.36. The van der Waals surface area contributed by atoms with Crippen molar-refractivity contribution in [3.63, 3.8) is 0 Å². The fraction of sp³-hybridized carbons (Fsp3) is 0.235. The van der Waals surface area contributed by atoms with Crippen molar-refractivity contribution >= 4 is 33.3 Å². The lowest BCUT2D eigenvalue weighted by Crippen LogP contribution is -2.22. The second-order valence-corrected chi connectivity index (χ2v) is 6.61. The maximum absolute atomic E-state index is 12.7. The number of carbonyl (C=O) groups is 1. The first-order chi connectivity index (χ1) is 9.62. The van der Waals surface area contributed by atoms with Crippen molar-refractivity contribution < 1.29 is 4.79 Å². The van der Waals surface area contributed by atoms with Crippen LogP contribution in [0.1, 0.15) is 24.0 Å². The molecule has 0 spiro atoms. The van der Waals surface area contributed by atoms with Crippen LogP contribution in [0, 0.1) is 0 Å². The van der Waals surface area contributed by atoms with Crippen LogP contribution in [-0.2, 0) is 16.6 Å². The molecule has 1 nitrogen and oxygen atoms in total. The smallest absolute Gasteiger partial charge is 0.147 e. The maximum atomic E-state index is 12.7. The van der Waals surface area contributed by atoms with Gasteiger partial charge in [0, 0.05) is 15.9 Å². The quantitative estimate of drug-likeness (QED) is 0.763. The molecule has 0 aliphatic heterocycles. The first-order valence-corrected chi connectivity index (χ1v) is 7.82. The predicted octanol–water partition coefficient (Wildman–Crippen LogP) is 4.95. The lowest BCUT2D eigenvalue weighted by Gasteiger charge is -2.15. The van der Waals surface area contributed by atoms with E-state index in [9.17, 15) is 4.79 Å². The molecule has 0 aromatic heterocycles. The molecular weight excluding hydrogens is 336 g/mol. The lowest BCUT2D eigenvalue weighted by atomic mass is 9.88. The molecule has 0 heterocycles. The third-order valence-electron chi connectivity index (χ3n) is 3.98. The molecule has 20 heavy (non-hydrogen) atoms. The second-order valence-electron chi connectivity index (χ2n) is 5.28. The van der Waals surface area contributed by atoms with Gasteiger partial charge in [-0.2, -0.15) is 0 Å². The average molecular weight is 350 g/mol.